The Kier molecular flexibility index (Phi) is 19.8. The fourth-order valence-electron chi connectivity index (χ4n) is 3.08. The van der Waals surface area contributed by atoms with E-state index in [2.05, 4.69) is 29.9 Å². The molecule has 0 atom stereocenters. The van der Waals surface area contributed by atoms with Crippen LogP contribution < -0.4 is 14.2 Å². The molecule has 198 valence electrons. The second-order valence-corrected chi connectivity index (χ2v) is 7.89. The van der Waals surface area contributed by atoms with E-state index in [0.717, 1.165) is 77.0 Å². The first-order valence-corrected chi connectivity index (χ1v) is 12.6. The second kappa shape index (κ2) is 23.3. The number of aliphatic imine (C=N–C) groups is 3. The maximum Gasteiger partial charge on any atom is 0.325 e. The van der Waals surface area contributed by atoms with Crippen LogP contribution in [0.3, 0.4) is 0 Å². The number of hydrogen-bond donors (Lipinski definition) is 0. The van der Waals surface area contributed by atoms with Crippen LogP contribution in [-0.2, 0) is 14.4 Å². The van der Waals surface area contributed by atoms with E-state index in [0.29, 0.717) is 39.5 Å². The van der Waals surface area contributed by atoms with Crippen molar-refractivity contribution in [1.29, 1.82) is 0 Å². The molecule has 1 heterocycles. The summed E-state index contributed by atoms with van der Waals surface area (Å²) in [6, 6.07) is 0.456. The quantitative estimate of drug-likeness (QED) is 0.116. The van der Waals surface area contributed by atoms with Crippen molar-refractivity contribution in [3.63, 3.8) is 0 Å². The van der Waals surface area contributed by atoms with Crippen LogP contribution in [0.25, 0.3) is 0 Å². The highest BCUT2D eigenvalue weighted by Crippen LogP contribution is 2.16. The summed E-state index contributed by atoms with van der Waals surface area (Å²) in [5, 5.41) is 0. The monoisotopic (exact) mass is 504 g/mol. The van der Waals surface area contributed by atoms with Gasteiger partial charge in [-0.25, -0.2) is 29.4 Å². The van der Waals surface area contributed by atoms with Crippen molar-refractivity contribution in [2.75, 3.05) is 39.5 Å². The molecule has 0 amide bonds. The first kappa shape index (κ1) is 30.6. The molecule has 0 N–H and O–H groups in total. The molecule has 0 aromatic carbocycles. The number of aromatic nitrogens is 3. The van der Waals surface area contributed by atoms with Gasteiger partial charge in [-0.3, -0.25) is 0 Å². The van der Waals surface area contributed by atoms with Crippen LogP contribution in [0.2, 0.25) is 0 Å². The molecule has 0 aliphatic rings. The normalized spacial score (nSPS) is 10.0. The summed E-state index contributed by atoms with van der Waals surface area (Å²) in [7, 11) is 0. The van der Waals surface area contributed by atoms with E-state index in [9.17, 15) is 14.4 Å². The molecule has 0 bridgehead atoms. The number of hydrogen-bond acceptors (Lipinski definition) is 12. The Morgan fingerprint density at radius 1 is 0.444 bits per heavy atom. The lowest BCUT2D eigenvalue weighted by Crippen LogP contribution is -2.09. The van der Waals surface area contributed by atoms with Crippen LogP contribution in [0, 0.1) is 0 Å². The average molecular weight is 505 g/mol. The van der Waals surface area contributed by atoms with Crippen LogP contribution in [0.15, 0.2) is 15.0 Å². The van der Waals surface area contributed by atoms with Gasteiger partial charge in [0, 0.05) is 0 Å². The van der Waals surface area contributed by atoms with Crippen LogP contribution in [-0.4, -0.2) is 72.6 Å². The zero-order valence-electron chi connectivity index (χ0n) is 20.9. The van der Waals surface area contributed by atoms with E-state index in [-0.39, 0.29) is 18.0 Å². The number of rotatable bonds is 24. The third-order valence-corrected chi connectivity index (χ3v) is 4.95. The summed E-state index contributed by atoms with van der Waals surface area (Å²) in [5.41, 5.74) is 0. The molecule has 0 saturated heterocycles. The molecule has 0 aliphatic heterocycles. The largest absolute Gasteiger partial charge is 0.463 e. The summed E-state index contributed by atoms with van der Waals surface area (Å²) in [6.45, 7) is 2.81. The SMILES string of the molecule is O=C=NCCCCCCOc1nc(OCCCCCCN=C=O)nc(OCCCCCCN=C=O)n1. The van der Waals surface area contributed by atoms with Gasteiger partial charge >= 0.3 is 18.0 Å². The standard InChI is InChI=1S/C24H36N6O6/c31-19-25-13-7-1-4-10-16-34-22-28-23(35-17-11-5-2-8-14-26-20-32)30-24(29-22)36-18-12-6-3-9-15-27-21-33/h1-18H2. The van der Waals surface area contributed by atoms with E-state index in [1.165, 1.54) is 18.2 Å². The predicted molar refractivity (Wildman–Crippen MR) is 131 cm³/mol. The summed E-state index contributed by atoms with van der Waals surface area (Å²) in [4.78, 5) is 53.5. The summed E-state index contributed by atoms with van der Waals surface area (Å²) >= 11 is 0. The van der Waals surface area contributed by atoms with Crippen LogP contribution in [0.1, 0.15) is 77.0 Å². The minimum absolute atomic E-state index is 0.152. The molecule has 12 nitrogen and oxygen atoms in total. The van der Waals surface area contributed by atoms with Gasteiger partial charge in [-0.1, -0.05) is 19.3 Å². The Bertz CT molecular complexity index is 730. The topological polar surface area (TPSA) is 155 Å². The van der Waals surface area contributed by atoms with Gasteiger partial charge < -0.3 is 14.2 Å². The predicted octanol–water partition coefficient (Wildman–Crippen LogP) is 3.70. The van der Waals surface area contributed by atoms with Gasteiger partial charge in [0.25, 0.3) is 0 Å². The first-order chi connectivity index (χ1) is 17.8. The van der Waals surface area contributed by atoms with Gasteiger partial charge in [-0.2, -0.15) is 0 Å². The van der Waals surface area contributed by atoms with Gasteiger partial charge in [0.1, 0.15) is 0 Å². The van der Waals surface area contributed by atoms with Crippen molar-refractivity contribution in [3.05, 3.63) is 0 Å². The Labute approximate surface area is 211 Å². The molecule has 1 aromatic rings. The third kappa shape index (κ3) is 18.0. The Balaban J connectivity index is 2.46. The number of nitrogens with zero attached hydrogens (tertiary/aromatic N) is 6. The Hall–Kier alpha value is -3.45. The number of carbonyl (C=O) groups excluding carboxylic acids is 3. The molecule has 36 heavy (non-hydrogen) atoms. The van der Waals surface area contributed by atoms with E-state index in [4.69, 9.17) is 14.2 Å². The number of ether oxygens (including phenoxy) is 3. The molecule has 0 unspecified atom stereocenters. The molecule has 1 aromatic heterocycles. The molecule has 12 heteroatoms. The first-order valence-electron chi connectivity index (χ1n) is 12.6. The Morgan fingerprint density at radius 2 is 0.722 bits per heavy atom. The summed E-state index contributed by atoms with van der Waals surface area (Å²) < 4.78 is 17.1. The molecule has 1 rings (SSSR count). The molecule has 0 aliphatic carbocycles. The maximum atomic E-state index is 10.1. The van der Waals surface area contributed by atoms with Gasteiger partial charge in [0.15, 0.2) is 0 Å². The van der Waals surface area contributed by atoms with Crippen LogP contribution in [0.5, 0.6) is 18.0 Å². The van der Waals surface area contributed by atoms with Gasteiger partial charge in [-0.05, 0) is 57.8 Å². The molecule has 0 radical (unpaired) electrons. The fourth-order valence-corrected chi connectivity index (χ4v) is 3.08. The fraction of sp³-hybridized carbons (Fsp3) is 0.750. The van der Waals surface area contributed by atoms with E-state index in [1.54, 1.807) is 0 Å². The lowest BCUT2D eigenvalue weighted by Gasteiger charge is -2.10. The smallest absolute Gasteiger partial charge is 0.325 e. The van der Waals surface area contributed by atoms with Crippen LogP contribution in [0.4, 0.5) is 0 Å². The minimum atomic E-state index is 0.152. The number of isocyanates is 3. The summed E-state index contributed by atoms with van der Waals surface area (Å²) in [5.74, 6) is 0. The van der Waals surface area contributed by atoms with Crippen molar-refractivity contribution < 1.29 is 28.6 Å². The highest BCUT2D eigenvalue weighted by molar-refractivity contribution is 5.33. The zero-order valence-corrected chi connectivity index (χ0v) is 20.9. The lowest BCUT2D eigenvalue weighted by atomic mass is 10.2. The summed E-state index contributed by atoms with van der Waals surface area (Å²) in [6.07, 6.45) is 15.2. The van der Waals surface area contributed by atoms with E-state index < -0.39 is 0 Å². The lowest BCUT2D eigenvalue weighted by molar-refractivity contribution is 0.227. The van der Waals surface area contributed by atoms with Crippen molar-refractivity contribution in [2.24, 2.45) is 15.0 Å². The maximum absolute atomic E-state index is 10.1. The number of unbranched alkanes of at least 4 members (excludes halogenated alkanes) is 9. The average Bonchev–Trinajstić information content (AvgIpc) is 2.89. The highest BCUT2D eigenvalue weighted by atomic mass is 16.5. The molecular weight excluding hydrogens is 468 g/mol. The second-order valence-electron chi connectivity index (χ2n) is 7.89. The van der Waals surface area contributed by atoms with E-state index >= 15 is 0 Å². The van der Waals surface area contributed by atoms with Crippen LogP contribution >= 0.6 is 0 Å². The molecular formula is C24H36N6O6. The van der Waals surface area contributed by atoms with Gasteiger partial charge in [0.2, 0.25) is 18.2 Å². The minimum Gasteiger partial charge on any atom is -0.463 e. The molecule has 0 fully saturated rings. The van der Waals surface area contributed by atoms with Gasteiger partial charge in [-0.15, -0.1) is 15.0 Å². The highest BCUT2D eigenvalue weighted by Gasteiger charge is 2.10. The molecule has 0 spiro atoms. The van der Waals surface area contributed by atoms with Gasteiger partial charge in [0.05, 0.1) is 39.5 Å². The third-order valence-electron chi connectivity index (χ3n) is 4.95. The van der Waals surface area contributed by atoms with E-state index in [1.807, 2.05) is 0 Å². The van der Waals surface area contributed by atoms with Crippen molar-refractivity contribution in [1.82, 2.24) is 15.0 Å². The van der Waals surface area contributed by atoms with Crippen molar-refractivity contribution in [3.8, 4) is 18.0 Å². The molecule has 0 saturated carbocycles. The zero-order chi connectivity index (χ0) is 25.9. The van der Waals surface area contributed by atoms with Crippen molar-refractivity contribution in [2.45, 2.75) is 77.0 Å². The van der Waals surface area contributed by atoms with Crippen molar-refractivity contribution >= 4 is 18.2 Å². The Morgan fingerprint density at radius 3 is 1.00 bits per heavy atom.